The summed E-state index contributed by atoms with van der Waals surface area (Å²) in [6, 6.07) is 17.8. The van der Waals surface area contributed by atoms with E-state index in [4.69, 9.17) is 0 Å². The van der Waals surface area contributed by atoms with E-state index in [-0.39, 0.29) is 11.3 Å². The molecule has 2 aromatic carbocycles. The molecule has 140 valence electrons. The summed E-state index contributed by atoms with van der Waals surface area (Å²) in [4.78, 5) is 27.1. The number of Topliss-reactive ketones (excluding diaryl/α,β-unsaturated/α-hetero) is 1. The number of carbonyl (C=O) groups excluding carboxylic acids is 2. The number of ketones is 1. The Balaban J connectivity index is 2.03. The molecule has 0 radical (unpaired) electrons. The van der Waals surface area contributed by atoms with Gasteiger partial charge in [0.1, 0.15) is 5.76 Å². The summed E-state index contributed by atoms with van der Waals surface area (Å²) >= 11 is 0. The van der Waals surface area contributed by atoms with Gasteiger partial charge in [-0.15, -0.1) is 0 Å². The molecule has 0 bridgehead atoms. The molecule has 0 unspecified atom stereocenters. The Kier molecular flexibility index (Phi) is 6.07. The molecule has 0 aliphatic carbocycles. The van der Waals surface area contributed by atoms with Crippen molar-refractivity contribution in [2.24, 2.45) is 0 Å². The first-order valence-electron chi connectivity index (χ1n) is 9.54. The Bertz CT molecular complexity index is 827. The summed E-state index contributed by atoms with van der Waals surface area (Å²) < 4.78 is 0. The Labute approximate surface area is 160 Å². The molecule has 1 atom stereocenters. The number of unbranched alkanes of at least 4 members (excludes halogenated alkanes) is 3. The Hall–Kier alpha value is -2.88. The second-order valence-corrected chi connectivity index (χ2v) is 6.83. The molecule has 1 heterocycles. The minimum Gasteiger partial charge on any atom is -0.507 e. The fraction of sp³-hybridized carbons (Fsp3) is 0.304. The monoisotopic (exact) mass is 363 g/mol. The fourth-order valence-corrected chi connectivity index (χ4v) is 3.55. The number of amides is 1. The van der Waals surface area contributed by atoms with Crippen LogP contribution in [-0.2, 0) is 9.59 Å². The number of hydrogen-bond acceptors (Lipinski definition) is 3. The quantitative estimate of drug-likeness (QED) is 0.336. The van der Waals surface area contributed by atoms with Crippen LogP contribution in [0.2, 0.25) is 0 Å². The van der Waals surface area contributed by atoms with Gasteiger partial charge in [0.05, 0.1) is 11.6 Å². The Morgan fingerprint density at radius 3 is 2.19 bits per heavy atom. The predicted octanol–water partition coefficient (Wildman–Crippen LogP) is 4.69. The Morgan fingerprint density at radius 2 is 1.56 bits per heavy atom. The van der Waals surface area contributed by atoms with Crippen molar-refractivity contribution in [1.82, 2.24) is 4.90 Å². The average Bonchev–Trinajstić information content (AvgIpc) is 2.97. The van der Waals surface area contributed by atoms with E-state index >= 15 is 0 Å². The van der Waals surface area contributed by atoms with Gasteiger partial charge in [-0.05, 0) is 12.0 Å². The highest BCUT2D eigenvalue weighted by Gasteiger charge is 2.45. The van der Waals surface area contributed by atoms with Crippen LogP contribution in [0.25, 0.3) is 5.76 Å². The van der Waals surface area contributed by atoms with Gasteiger partial charge in [0.2, 0.25) is 0 Å². The zero-order valence-electron chi connectivity index (χ0n) is 15.6. The van der Waals surface area contributed by atoms with Crippen molar-refractivity contribution in [3.8, 4) is 0 Å². The van der Waals surface area contributed by atoms with E-state index in [1.165, 1.54) is 0 Å². The third-order valence-corrected chi connectivity index (χ3v) is 4.96. The summed E-state index contributed by atoms with van der Waals surface area (Å²) in [5, 5.41) is 10.8. The topological polar surface area (TPSA) is 57.6 Å². The number of hydrogen-bond donors (Lipinski definition) is 1. The van der Waals surface area contributed by atoms with Gasteiger partial charge in [-0.2, -0.15) is 0 Å². The largest absolute Gasteiger partial charge is 0.507 e. The van der Waals surface area contributed by atoms with Gasteiger partial charge in [0.15, 0.2) is 0 Å². The lowest BCUT2D eigenvalue weighted by atomic mass is 9.95. The molecular formula is C23H25NO3. The van der Waals surface area contributed by atoms with Crippen molar-refractivity contribution in [1.29, 1.82) is 0 Å². The maximum atomic E-state index is 12.8. The standard InChI is InChI=1S/C23H25NO3/c1-2-3-4-11-16-24-20(17-12-7-5-8-13-17)19(22(26)23(24)27)21(25)18-14-9-6-10-15-18/h5-10,12-15,20,25H,2-4,11,16H2,1H3/t20-/m1/s1. The molecule has 1 fully saturated rings. The molecule has 1 aliphatic heterocycles. The van der Waals surface area contributed by atoms with E-state index in [0.29, 0.717) is 12.1 Å². The molecule has 1 saturated heterocycles. The van der Waals surface area contributed by atoms with E-state index in [2.05, 4.69) is 6.92 Å². The van der Waals surface area contributed by atoms with Gasteiger partial charge in [0, 0.05) is 12.1 Å². The van der Waals surface area contributed by atoms with Crippen LogP contribution < -0.4 is 0 Å². The summed E-state index contributed by atoms with van der Waals surface area (Å²) in [6.07, 6.45) is 4.06. The van der Waals surface area contributed by atoms with Gasteiger partial charge >= 0.3 is 0 Å². The number of rotatable bonds is 7. The zero-order valence-corrected chi connectivity index (χ0v) is 15.6. The highest BCUT2D eigenvalue weighted by atomic mass is 16.3. The van der Waals surface area contributed by atoms with Crippen molar-refractivity contribution in [3.63, 3.8) is 0 Å². The van der Waals surface area contributed by atoms with Crippen molar-refractivity contribution >= 4 is 17.4 Å². The van der Waals surface area contributed by atoms with E-state index in [1.54, 1.807) is 29.2 Å². The van der Waals surface area contributed by atoms with Gasteiger partial charge in [0.25, 0.3) is 11.7 Å². The summed E-state index contributed by atoms with van der Waals surface area (Å²) in [5.41, 5.74) is 1.56. The molecule has 2 aromatic rings. The molecule has 27 heavy (non-hydrogen) atoms. The minimum absolute atomic E-state index is 0.112. The molecule has 0 saturated carbocycles. The third-order valence-electron chi connectivity index (χ3n) is 4.96. The summed E-state index contributed by atoms with van der Waals surface area (Å²) in [7, 11) is 0. The van der Waals surface area contributed by atoms with Gasteiger partial charge in [-0.25, -0.2) is 0 Å². The molecular weight excluding hydrogens is 338 g/mol. The van der Waals surface area contributed by atoms with Crippen LogP contribution in [0.5, 0.6) is 0 Å². The summed E-state index contributed by atoms with van der Waals surface area (Å²) in [5.74, 6) is -1.25. The lowest BCUT2D eigenvalue weighted by Crippen LogP contribution is -2.30. The van der Waals surface area contributed by atoms with E-state index in [0.717, 1.165) is 31.2 Å². The van der Waals surface area contributed by atoms with Crippen LogP contribution in [-0.4, -0.2) is 28.2 Å². The van der Waals surface area contributed by atoms with Crippen LogP contribution in [0.15, 0.2) is 66.2 Å². The van der Waals surface area contributed by atoms with E-state index in [1.807, 2.05) is 36.4 Å². The zero-order chi connectivity index (χ0) is 19.2. The normalized spacial score (nSPS) is 18.9. The smallest absolute Gasteiger partial charge is 0.295 e. The lowest BCUT2D eigenvalue weighted by molar-refractivity contribution is -0.139. The van der Waals surface area contributed by atoms with Crippen LogP contribution >= 0.6 is 0 Å². The highest BCUT2D eigenvalue weighted by molar-refractivity contribution is 6.46. The van der Waals surface area contributed by atoms with Crippen LogP contribution in [0.1, 0.15) is 49.8 Å². The predicted molar refractivity (Wildman–Crippen MR) is 106 cm³/mol. The minimum atomic E-state index is -0.610. The van der Waals surface area contributed by atoms with Crippen LogP contribution in [0.3, 0.4) is 0 Å². The second-order valence-electron chi connectivity index (χ2n) is 6.83. The molecule has 0 spiro atoms. The molecule has 3 rings (SSSR count). The fourth-order valence-electron chi connectivity index (χ4n) is 3.55. The highest BCUT2D eigenvalue weighted by Crippen LogP contribution is 2.39. The molecule has 0 aromatic heterocycles. The van der Waals surface area contributed by atoms with Crippen molar-refractivity contribution in [2.45, 2.75) is 38.6 Å². The van der Waals surface area contributed by atoms with E-state index in [9.17, 15) is 14.7 Å². The average molecular weight is 363 g/mol. The first kappa shape index (κ1) is 18.9. The van der Waals surface area contributed by atoms with Gasteiger partial charge < -0.3 is 10.0 Å². The maximum absolute atomic E-state index is 12.8. The second kappa shape index (κ2) is 8.67. The molecule has 1 N–H and O–H groups in total. The van der Waals surface area contributed by atoms with Crippen molar-refractivity contribution in [2.75, 3.05) is 6.54 Å². The molecule has 1 aliphatic rings. The number of benzene rings is 2. The third kappa shape index (κ3) is 3.95. The molecule has 4 heteroatoms. The first-order chi connectivity index (χ1) is 13.1. The summed E-state index contributed by atoms with van der Waals surface area (Å²) in [6.45, 7) is 2.64. The van der Waals surface area contributed by atoms with Crippen LogP contribution in [0.4, 0.5) is 0 Å². The van der Waals surface area contributed by atoms with Crippen LogP contribution in [0, 0.1) is 0 Å². The number of likely N-dealkylation sites (tertiary alicyclic amines) is 1. The van der Waals surface area contributed by atoms with E-state index < -0.39 is 17.7 Å². The van der Waals surface area contributed by atoms with Gasteiger partial charge in [-0.3, -0.25) is 9.59 Å². The van der Waals surface area contributed by atoms with Gasteiger partial charge in [-0.1, -0.05) is 86.8 Å². The number of aliphatic hydroxyl groups is 1. The SMILES string of the molecule is CCCCCCN1C(=O)C(=O)C(=C(O)c2ccccc2)[C@H]1c1ccccc1. The maximum Gasteiger partial charge on any atom is 0.295 e. The number of aliphatic hydroxyl groups excluding tert-OH is 1. The first-order valence-corrected chi connectivity index (χ1v) is 9.54. The molecule has 1 amide bonds. The number of carbonyl (C=O) groups is 2. The number of nitrogens with zero attached hydrogens (tertiary/aromatic N) is 1. The lowest BCUT2D eigenvalue weighted by Gasteiger charge is -2.25. The Morgan fingerprint density at radius 1 is 0.926 bits per heavy atom. The molecule has 4 nitrogen and oxygen atoms in total. The van der Waals surface area contributed by atoms with Crippen molar-refractivity contribution < 1.29 is 14.7 Å². The van der Waals surface area contributed by atoms with Crippen molar-refractivity contribution in [3.05, 3.63) is 77.4 Å².